The van der Waals surface area contributed by atoms with Crippen LogP contribution in [-0.4, -0.2) is 14.2 Å². The molecule has 0 aliphatic heterocycles. The first-order valence-corrected chi connectivity index (χ1v) is 6.20. The van der Waals surface area contributed by atoms with Crippen LogP contribution in [0.4, 0.5) is 0 Å². The molecule has 0 aliphatic carbocycles. The Bertz CT molecular complexity index is 373. The zero-order valence-electron chi connectivity index (χ0n) is 8.62. The largest absolute Gasteiger partial charge is 0.232 e. The lowest BCUT2D eigenvalue weighted by Gasteiger charge is -2.05. The van der Waals surface area contributed by atoms with E-state index in [-0.39, 0.29) is 5.75 Å². The molecule has 0 atom stereocenters. The molecule has 2 nitrogen and oxygen atoms in total. The van der Waals surface area contributed by atoms with Gasteiger partial charge in [0.2, 0.25) is 0 Å². The Morgan fingerprint density at radius 1 is 1.29 bits per heavy atom. The Morgan fingerprint density at radius 2 is 2.00 bits per heavy atom. The van der Waals surface area contributed by atoms with Crippen LogP contribution in [-0.2, 0) is 23.5 Å². The van der Waals surface area contributed by atoms with Crippen molar-refractivity contribution in [2.75, 3.05) is 5.75 Å². The molecule has 14 heavy (non-hydrogen) atoms. The van der Waals surface area contributed by atoms with E-state index in [4.69, 9.17) is 0 Å². The first-order valence-electron chi connectivity index (χ1n) is 4.83. The number of rotatable bonds is 4. The van der Waals surface area contributed by atoms with Gasteiger partial charge in [0.05, 0.1) is 5.75 Å². The molecule has 0 amide bonds. The standard InChI is InChI=1S/C11H16O2S/c1-3-10-4-5-11(9(2)8-10)6-7-14(12)13/h4-5,8,14H,3,6-7H2,1-2H3. The molecule has 0 spiro atoms. The second-order valence-corrected chi connectivity index (χ2v) is 4.53. The fourth-order valence-electron chi connectivity index (χ4n) is 1.47. The van der Waals surface area contributed by atoms with Crippen LogP contribution in [0.3, 0.4) is 0 Å². The van der Waals surface area contributed by atoms with Crippen molar-refractivity contribution in [3.05, 3.63) is 34.9 Å². The molecule has 1 rings (SSSR count). The molecule has 0 N–H and O–H groups in total. The summed E-state index contributed by atoms with van der Waals surface area (Å²) < 4.78 is 20.9. The fourth-order valence-corrected chi connectivity index (χ4v) is 1.89. The number of hydrogen-bond acceptors (Lipinski definition) is 2. The molecule has 0 saturated heterocycles. The van der Waals surface area contributed by atoms with Crippen molar-refractivity contribution in [3.8, 4) is 0 Å². The van der Waals surface area contributed by atoms with E-state index < -0.39 is 10.7 Å². The average Bonchev–Trinajstić information content (AvgIpc) is 2.15. The highest BCUT2D eigenvalue weighted by Crippen LogP contribution is 2.12. The highest BCUT2D eigenvalue weighted by Gasteiger charge is 1.99. The smallest absolute Gasteiger partial charge is 0.140 e. The van der Waals surface area contributed by atoms with Gasteiger partial charge in [-0.25, -0.2) is 8.42 Å². The first kappa shape index (κ1) is 11.2. The zero-order valence-corrected chi connectivity index (χ0v) is 9.51. The lowest BCUT2D eigenvalue weighted by Crippen LogP contribution is -1.97. The van der Waals surface area contributed by atoms with E-state index in [2.05, 4.69) is 19.1 Å². The molecule has 1 aromatic carbocycles. The van der Waals surface area contributed by atoms with E-state index >= 15 is 0 Å². The quantitative estimate of drug-likeness (QED) is 0.771. The summed E-state index contributed by atoms with van der Waals surface area (Å²) in [5, 5.41) is 0. The van der Waals surface area contributed by atoms with Crippen LogP contribution in [0.1, 0.15) is 23.6 Å². The summed E-state index contributed by atoms with van der Waals surface area (Å²) in [5.74, 6) is 0.252. The molecule has 0 aromatic heterocycles. The maximum absolute atomic E-state index is 10.4. The predicted octanol–water partition coefficient (Wildman–Crippen LogP) is 1.71. The van der Waals surface area contributed by atoms with E-state index in [1.165, 1.54) is 11.1 Å². The molecule has 0 aliphatic rings. The van der Waals surface area contributed by atoms with E-state index in [9.17, 15) is 8.42 Å². The van der Waals surface area contributed by atoms with Crippen LogP contribution in [0.2, 0.25) is 0 Å². The number of hydrogen-bond donors (Lipinski definition) is 1. The van der Waals surface area contributed by atoms with Crippen molar-refractivity contribution in [3.63, 3.8) is 0 Å². The van der Waals surface area contributed by atoms with Gasteiger partial charge in [0, 0.05) is 0 Å². The molecular weight excluding hydrogens is 196 g/mol. The lowest BCUT2D eigenvalue weighted by atomic mass is 10.0. The average molecular weight is 212 g/mol. The van der Waals surface area contributed by atoms with Gasteiger partial charge in [-0.2, -0.15) is 0 Å². The van der Waals surface area contributed by atoms with Crippen molar-refractivity contribution < 1.29 is 8.42 Å². The molecule has 0 fully saturated rings. The van der Waals surface area contributed by atoms with Crippen molar-refractivity contribution in [2.45, 2.75) is 26.7 Å². The maximum Gasteiger partial charge on any atom is 0.140 e. The predicted molar refractivity (Wildman–Crippen MR) is 59.4 cm³/mol. The Balaban J connectivity index is 2.78. The summed E-state index contributed by atoms with van der Waals surface area (Å²) in [6.07, 6.45) is 1.66. The molecule has 78 valence electrons. The van der Waals surface area contributed by atoms with E-state index in [0.29, 0.717) is 6.42 Å². The highest BCUT2D eigenvalue weighted by molar-refractivity contribution is 7.72. The van der Waals surface area contributed by atoms with Gasteiger partial charge in [-0.05, 0) is 36.5 Å². The van der Waals surface area contributed by atoms with Gasteiger partial charge in [-0.15, -0.1) is 0 Å². The SMILES string of the molecule is CCc1ccc(CC[SH](=O)=O)c(C)c1. The van der Waals surface area contributed by atoms with Crippen molar-refractivity contribution in [1.29, 1.82) is 0 Å². The van der Waals surface area contributed by atoms with Gasteiger partial charge >= 0.3 is 0 Å². The van der Waals surface area contributed by atoms with E-state index in [0.717, 1.165) is 12.0 Å². The Morgan fingerprint density at radius 3 is 2.50 bits per heavy atom. The van der Waals surface area contributed by atoms with Crippen LogP contribution in [0.25, 0.3) is 0 Å². The van der Waals surface area contributed by atoms with Gasteiger partial charge in [0.15, 0.2) is 0 Å². The minimum Gasteiger partial charge on any atom is -0.232 e. The fraction of sp³-hybridized carbons (Fsp3) is 0.455. The van der Waals surface area contributed by atoms with E-state index in [1.807, 2.05) is 13.0 Å². The van der Waals surface area contributed by atoms with Gasteiger partial charge in [-0.3, -0.25) is 0 Å². The van der Waals surface area contributed by atoms with Crippen molar-refractivity contribution >= 4 is 10.7 Å². The van der Waals surface area contributed by atoms with Crippen LogP contribution in [0.5, 0.6) is 0 Å². The molecule has 0 radical (unpaired) electrons. The molecule has 0 unspecified atom stereocenters. The van der Waals surface area contributed by atoms with E-state index in [1.54, 1.807) is 0 Å². The third-order valence-corrected chi connectivity index (χ3v) is 2.97. The van der Waals surface area contributed by atoms with Crippen LogP contribution < -0.4 is 0 Å². The minimum absolute atomic E-state index is 0.252. The summed E-state index contributed by atoms with van der Waals surface area (Å²) in [6.45, 7) is 4.15. The third-order valence-electron chi connectivity index (χ3n) is 2.38. The molecule has 1 aromatic rings. The summed E-state index contributed by atoms with van der Waals surface area (Å²) in [5.41, 5.74) is 3.64. The van der Waals surface area contributed by atoms with Crippen LogP contribution in [0, 0.1) is 6.92 Å². The summed E-state index contributed by atoms with van der Waals surface area (Å²) in [6, 6.07) is 6.24. The van der Waals surface area contributed by atoms with Gasteiger partial charge in [0.25, 0.3) is 0 Å². The Labute approximate surface area is 86.9 Å². The van der Waals surface area contributed by atoms with Crippen LogP contribution >= 0.6 is 0 Å². The summed E-state index contributed by atoms with van der Waals surface area (Å²) in [4.78, 5) is 0. The van der Waals surface area contributed by atoms with Crippen molar-refractivity contribution in [1.82, 2.24) is 0 Å². The molecule has 0 saturated carbocycles. The lowest BCUT2D eigenvalue weighted by molar-refractivity contribution is 0.614. The van der Waals surface area contributed by atoms with Gasteiger partial charge < -0.3 is 0 Å². The summed E-state index contributed by atoms with van der Waals surface area (Å²) >= 11 is 0. The number of benzene rings is 1. The molecular formula is C11H16O2S. The topological polar surface area (TPSA) is 34.1 Å². The number of aryl methyl sites for hydroxylation is 3. The van der Waals surface area contributed by atoms with Crippen molar-refractivity contribution in [2.24, 2.45) is 0 Å². The monoisotopic (exact) mass is 212 g/mol. The second kappa shape index (κ2) is 5.15. The van der Waals surface area contributed by atoms with Gasteiger partial charge in [-0.1, -0.05) is 25.1 Å². The molecule has 3 heteroatoms. The molecule has 0 heterocycles. The second-order valence-electron chi connectivity index (χ2n) is 3.42. The highest BCUT2D eigenvalue weighted by atomic mass is 32.2. The van der Waals surface area contributed by atoms with Crippen LogP contribution in [0.15, 0.2) is 18.2 Å². The maximum atomic E-state index is 10.4. The first-order chi connectivity index (χ1) is 6.63. The normalized spacial score (nSPS) is 10.8. The number of thiol groups is 1. The Hall–Kier alpha value is -0.830. The molecule has 0 bridgehead atoms. The Kier molecular flexibility index (Phi) is 4.14. The summed E-state index contributed by atoms with van der Waals surface area (Å²) in [7, 11) is -2.25. The minimum atomic E-state index is -2.25. The third kappa shape index (κ3) is 3.14. The zero-order chi connectivity index (χ0) is 10.6. The van der Waals surface area contributed by atoms with Gasteiger partial charge in [0.1, 0.15) is 10.7 Å².